The van der Waals surface area contributed by atoms with Crippen LogP contribution in [0.15, 0.2) is 29.3 Å². The van der Waals surface area contributed by atoms with Crippen molar-refractivity contribution in [1.29, 1.82) is 0 Å². The maximum absolute atomic E-state index is 12.5. The van der Waals surface area contributed by atoms with E-state index in [1.807, 2.05) is 19.1 Å². The monoisotopic (exact) mass is 368 g/mol. The fourth-order valence-corrected chi connectivity index (χ4v) is 4.40. The minimum Gasteiger partial charge on any atom is -0.302 e. The summed E-state index contributed by atoms with van der Waals surface area (Å²) in [6, 6.07) is 5.60. The van der Waals surface area contributed by atoms with Gasteiger partial charge in [0.05, 0.1) is 22.9 Å². The Balaban J connectivity index is 1.37. The Morgan fingerprint density at radius 3 is 3.08 bits per heavy atom. The van der Waals surface area contributed by atoms with Gasteiger partial charge in [0.25, 0.3) is 5.56 Å². The molecular formula is C19H20N4O2S. The highest BCUT2D eigenvalue weighted by molar-refractivity contribution is 7.15. The van der Waals surface area contributed by atoms with E-state index in [-0.39, 0.29) is 11.5 Å². The van der Waals surface area contributed by atoms with E-state index in [9.17, 15) is 9.59 Å². The van der Waals surface area contributed by atoms with E-state index in [1.54, 1.807) is 28.3 Å². The maximum atomic E-state index is 12.5. The van der Waals surface area contributed by atoms with E-state index < -0.39 is 0 Å². The average molecular weight is 368 g/mol. The first-order chi connectivity index (χ1) is 12.6. The van der Waals surface area contributed by atoms with Gasteiger partial charge < -0.3 is 5.32 Å². The zero-order chi connectivity index (χ0) is 18.1. The summed E-state index contributed by atoms with van der Waals surface area (Å²) in [7, 11) is 0. The number of aromatic nitrogens is 3. The predicted molar refractivity (Wildman–Crippen MR) is 103 cm³/mol. The molecule has 1 aliphatic carbocycles. The summed E-state index contributed by atoms with van der Waals surface area (Å²) in [5.41, 5.74) is 2.80. The third kappa shape index (κ3) is 3.26. The molecule has 0 unspecified atom stereocenters. The molecule has 3 aromatic rings. The van der Waals surface area contributed by atoms with Crippen LogP contribution >= 0.6 is 11.3 Å². The lowest BCUT2D eigenvalue weighted by molar-refractivity contribution is -0.116. The lowest BCUT2D eigenvalue weighted by Crippen LogP contribution is -2.22. The van der Waals surface area contributed by atoms with Gasteiger partial charge >= 0.3 is 0 Å². The van der Waals surface area contributed by atoms with Crippen LogP contribution in [0.25, 0.3) is 10.9 Å². The van der Waals surface area contributed by atoms with Crippen LogP contribution < -0.4 is 10.9 Å². The summed E-state index contributed by atoms with van der Waals surface area (Å²) >= 11 is 1.58. The number of para-hydroxylation sites is 1. The van der Waals surface area contributed by atoms with Gasteiger partial charge in [0.1, 0.15) is 0 Å². The molecule has 0 atom stereocenters. The number of aryl methyl sites for hydroxylation is 4. The molecule has 2 aromatic heterocycles. The summed E-state index contributed by atoms with van der Waals surface area (Å²) in [6.45, 7) is 2.41. The summed E-state index contributed by atoms with van der Waals surface area (Å²) in [4.78, 5) is 34.8. The number of nitrogens with zero attached hydrogens (tertiary/aromatic N) is 3. The molecule has 0 aliphatic heterocycles. The Kier molecular flexibility index (Phi) is 4.55. The average Bonchev–Trinajstić information content (AvgIpc) is 3.19. The van der Waals surface area contributed by atoms with Crippen LogP contribution in [0.1, 0.15) is 35.4 Å². The minimum atomic E-state index is -0.0601. The minimum absolute atomic E-state index is 0.0598. The second kappa shape index (κ2) is 6.99. The quantitative estimate of drug-likeness (QED) is 0.751. The van der Waals surface area contributed by atoms with Gasteiger partial charge in [-0.2, -0.15) is 0 Å². The van der Waals surface area contributed by atoms with E-state index in [0.717, 1.165) is 36.0 Å². The van der Waals surface area contributed by atoms with E-state index in [1.165, 1.54) is 4.88 Å². The van der Waals surface area contributed by atoms with E-state index in [2.05, 4.69) is 15.3 Å². The number of hydrogen-bond donors (Lipinski definition) is 1. The van der Waals surface area contributed by atoms with Crippen LogP contribution in [0.5, 0.6) is 0 Å². The number of benzene rings is 1. The molecule has 0 saturated carbocycles. The molecule has 0 saturated heterocycles. The first-order valence-corrected chi connectivity index (χ1v) is 9.66. The number of anilines is 1. The predicted octanol–water partition coefficient (Wildman–Crippen LogP) is 3.07. The number of thiazole rings is 1. The zero-order valence-corrected chi connectivity index (χ0v) is 15.4. The van der Waals surface area contributed by atoms with Crippen molar-refractivity contribution in [2.45, 2.75) is 45.6 Å². The lowest BCUT2D eigenvalue weighted by Gasteiger charge is -2.07. The Morgan fingerprint density at radius 1 is 1.35 bits per heavy atom. The fraction of sp³-hybridized carbons (Fsp3) is 0.368. The highest BCUT2D eigenvalue weighted by atomic mass is 32.1. The molecule has 7 heteroatoms. The number of carbonyl (C=O) groups is 1. The van der Waals surface area contributed by atoms with E-state index >= 15 is 0 Å². The Morgan fingerprint density at radius 2 is 2.23 bits per heavy atom. The van der Waals surface area contributed by atoms with Crippen molar-refractivity contribution in [3.05, 3.63) is 51.0 Å². The van der Waals surface area contributed by atoms with Crippen LogP contribution in [0.3, 0.4) is 0 Å². The van der Waals surface area contributed by atoms with Gasteiger partial charge in [-0.15, -0.1) is 11.3 Å². The first kappa shape index (κ1) is 16.9. The molecule has 134 valence electrons. The molecular weight excluding hydrogens is 348 g/mol. The zero-order valence-electron chi connectivity index (χ0n) is 14.6. The lowest BCUT2D eigenvalue weighted by atomic mass is 10.1. The molecule has 0 spiro atoms. The standard InChI is InChI=1S/C19H20N4O2S/c1-12-5-2-6-13-17(12)20-11-23(18(13)25)10-4-9-16(24)22-19-21-14-7-3-8-15(14)26-19/h2,5-6,11H,3-4,7-10H2,1H3,(H,21,22,24). The second-order valence-electron chi connectivity index (χ2n) is 6.61. The molecule has 0 bridgehead atoms. The molecule has 0 radical (unpaired) electrons. The number of nitrogens with one attached hydrogen (secondary N) is 1. The van der Waals surface area contributed by atoms with Crippen molar-refractivity contribution in [1.82, 2.24) is 14.5 Å². The number of hydrogen-bond acceptors (Lipinski definition) is 5. The van der Waals surface area contributed by atoms with Crippen LogP contribution in [0, 0.1) is 6.92 Å². The highest BCUT2D eigenvalue weighted by Gasteiger charge is 2.17. The maximum Gasteiger partial charge on any atom is 0.261 e. The van der Waals surface area contributed by atoms with E-state index in [0.29, 0.717) is 29.9 Å². The first-order valence-electron chi connectivity index (χ1n) is 8.85. The van der Waals surface area contributed by atoms with Crippen molar-refractivity contribution in [2.75, 3.05) is 5.32 Å². The molecule has 2 heterocycles. The smallest absolute Gasteiger partial charge is 0.261 e. The fourth-order valence-electron chi connectivity index (χ4n) is 3.33. The third-order valence-corrected chi connectivity index (χ3v) is 5.77. The highest BCUT2D eigenvalue weighted by Crippen LogP contribution is 2.30. The van der Waals surface area contributed by atoms with Crippen LogP contribution in [0.4, 0.5) is 5.13 Å². The van der Waals surface area contributed by atoms with Gasteiger partial charge in [0, 0.05) is 17.8 Å². The molecule has 26 heavy (non-hydrogen) atoms. The Bertz CT molecular complexity index is 1020. The molecule has 1 N–H and O–H groups in total. The number of rotatable bonds is 5. The summed E-state index contributed by atoms with van der Waals surface area (Å²) in [5, 5.41) is 4.19. The molecule has 0 fully saturated rings. The third-order valence-electron chi connectivity index (χ3n) is 4.70. The summed E-state index contributed by atoms with van der Waals surface area (Å²) in [5.74, 6) is -0.0601. The van der Waals surface area contributed by atoms with Gasteiger partial charge in [-0.1, -0.05) is 12.1 Å². The van der Waals surface area contributed by atoms with Crippen molar-refractivity contribution in [3.8, 4) is 0 Å². The normalized spacial score (nSPS) is 13.1. The van der Waals surface area contributed by atoms with Crippen molar-refractivity contribution in [2.24, 2.45) is 0 Å². The van der Waals surface area contributed by atoms with Gasteiger partial charge in [0.2, 0.25) is 5.91 Å². The number of fused-ring (bicyclic) bond motifs is 2. The van der Waals surface area contributed by atoms with Gasteiger partial charge in [-0.25, -0.2) is 9.97 Å². The molecule has 4 rings (SSSR count). The Labute approximate surface area is 154 Å². The largest absolute Gasteiger partial charge is 0.302 e. The molecule has 1 aliphatic rings. The van der Waals surface area contributed by atoms with E-state index in [4.69, 9.17) is 0 Å². The number of amides is 1. The summed E-state index contributed by atoms with van der Waals surface area (Å²) in [6.07, 6.45) is 5.75. The molecule has 1 amide bonds. The number of carbonyl (C=O) groups excluding carboxylic acids is 1. The molecule has 6 nitrogen and oxygen atoms in total. The van der Waals surface area contributed by atoms with Crippen LogP contribution in [-0.2, 0) is 24.2 Å². The van der Waals surface area contributed by atoms with Crippen LogP contribution in [-0.4, -0.2) is 20.4 Å². The van der Waals surface area contributed by atoms with Crippen LogP contribution in [0.2, 0.25) is 0 Å². The van der Waals surface area contributed by atoms with Crippen molar-refractivity contribution < 1.29 is 4.79 Å². The second-order valence-corrected chi connectivity index (χ2v) is 7.69. The summed E-state index contributed by atoms with van der Waals surface area (Å²) < 4.78 is 1.58. The SMILES string of the molecule is Cc1cccc2c(=O)n(CCCC(=O)Nc3nc4c(s3)CCC4)cnc12. The Hall–Kier alpha value is -2.54. The van der Waals surface area contributed by atoms with Gasteiger partial charge in [-0.05, 0) is 44.2 Å². The van der Waals surface area contributed by atoms with Gasteiger partial charge in [0.15, 0.2) is 5.13 Å². The van der Waals surface area contributed by atoms with Gasteiger partial charge in [-0.3, -0.25) is 14.2 Å². The topological polar surface area (TPSA) is 76.9 Å². The van der Waals surface area contributed by atoms with Crippen molar-refractivity contribution >= 4 is 33.3 Å². The molecule has 1 aromatic carbocycles. The van der Waals surface area contributed by atoms with Crippen molar-refractivity contribution in [3.63, 3.8) is 0 Å².